The van der Waals surface area contributed by atoms with Crippen molar-refractivity contribution >= 4 is 39.5 Å². The molecule has 96 heavy (non-hydrogen) atoms. The molecule has 0 aliphatic carbocycles. The minimum Gasteiger partial charge on any atom is -0.462 e. The van der Waals surface area contributed by atoms with E-state index in [1.807, 2.05) is 0 Å². The predicted octanol–water partition coefficient (Wildman–Crippen LogP) is 22.6. The van der Waals surface area contributed by atoms with Gasteiger partial charge in [0.2, 0.25) is 0 Å². The van der Waals surface area contributed by atoms with Crippen LogP contribution in [0.25, 0.3) is 0 Å². The highest BCUT2D eigenvalue weighted by Gasteiger charge is 2.30. The third-order valence-electron chi connectivity index (χ3n) is 18.2. The van der Waals surface area contributed by atoms with Crippen LogP contribution < -0.4 is 0 Å². The Hall–Kier alpha value is -1.94. The zero-order chi connectivity index (χ0) is 70.9. The summed E-state index contributed by atoms with van der Waals surface area (Å²) < 4.78 is 68.5. The summed E-state index contributed by atoms with van der Waals surface area (Å²) in [4.78, 5) is 72.8. The quantitative estimate of drug-likeness (QED) is 0.0222. The van der Waals surface area contributed by atoms with Gasteiger partial charge in [-0.1, -0.05) is 344 Å². The molecule has 0 amide bonds. The molecular weight excluding hydrogens is 1260 g/mol. The van der Waals surface area contributed by atoms with Crippen molar-refractivity contribution in [3.8, 4) is 0 Å². The number of unbranched alkanes of at least 4 members (excludes halogenated alkanes) is 42. The van der Waals surface area contributed by atoms with Crippen molar-refractivity contribution in [3.05, 3.63) is 0 Å². The monoisotopic (exact) mass is 1410 g/mol. The molecule has 570 valence electrons. The Morgan fingerprint density at radius 1 is 0.302 bits per heavy atom. The van der Waals surface area contributed by atoms with Crippen LogP contribution in [0.1, 0.15) is 395 Å². The Bertz CT molecular complexity index is 1870. The second-order valence-electron chi connectivity index (χ2n) is 28.9. The first kappa shape index (κ1) is 94.1. The van der Waals surface area contributed by atoms with E-state index in [1.54, 1.807) is 0 Å². The highest BCUT2D eigenvalue weighted by Crippen LogP contribution is 2.45. The Kier molecular flexibility index (Phi) is 66.2. The van der Waals surface area contributed by atoms with Crippen LogP contribution in [-0.2, 0) is 65.4 Å². The van der Waals surface area contributed by atoms with Crippen LogP contribution in [0.2, 0.25) is 0 Å². The molecule has 0 aromatic rings. The molecule has 0 aromatic carbocycles. The Labute approximate surface area is 588 Å². The van der Waals surface area contributed by atoms with Crippen molar-refractivity contribution in [1.82, 2.24) is 0 Å². The Balaban J connectivity index is 5.24. The lowest BCUT2D eigenvalue weighted by Gasteiger charge is -2.21. The average Bonchev–Trinajstić information content (AvgIpc) is 2.44. The molecule has 0 saturated heterocycles. The number of phosphoric ester groups is 2. The van der Waals surface area contributed by atoms with Gasteiger partial charge in [0.25, 0.3) is 0 Å². The van der Waals surface area contributed by atoms with Gasteiger partial charge in [-0.05, 0) is 43.4 Å². The molecule has 0 rings (SSSR count). The number of esters is 4. The maximum Gasteiger partial charge on any atom is 0.472 e. The van der Waals surface area contributed by atoms with Crippen molar-refractivity contribution in [3.63, 3.8) is 0 Å². The summed E-state index contributed by atoms with van der Waals surface area (Å²) in [5.41, 5.74) is 0. The highest BCUT2D eigenvalue weighted by atomic mass is 31.2. The van der Waals surface area contributed by atoms with E-state index < -0.39 is 97.5 Å². The van der Waals surface area contributed by atoms with Crippen molar-refractivity contribution in [2.75, 3.05) is 39.6 Å². The first-order valence-electron chi connectivity index (χ1n) is 39.9. The molecule has 3 unspecified atom stereocenters. The number of hydrogen-bond acceptors (Lipinski definition) is 15. The number of aliphatic hydroxyl groups excluding tert-OH is 1. The van der Waals surface area contributed by atoms with Gasteiger partial charge in [0.1, 0.15) is 19.3 Å². The molecule has 19 heteroatoms. The van der Waals surface area contributed by atoms with E-state index >= 15 is 0 Å². The number of rotatable bonds is 75. The number of ether oxygens (including phenoxy) is 4. The molecular formula is C77H150O17P2. The van der Waals surface area contributed by atoms with Gasteiger partial charge in [-0.3, -0.25) is 37.3 Å². The topological polar surface area (TPSA) is 237 Å². The lowest BCUT2D eigenvalue weighted by molar-refractivity contribution is -0.161. The highest BCUT2D eigenvalue weighted by molar-refractivity contribution is 7.47. The lowest BCUT2D eigenvalue weighted by Crippen LogP contribution is -2.30. The largest absolute Gasteiger partial charge is 0.472 e. The molecule has 0 spiro atoms. The van der Waals surface area contributed by atoms with E-state index in [-0.39, 0.29) is 25.7 Å². The van der Waals surface area contributed by atoms with E-state index in [0.717, 1.165) is 108 Å². The van der Waals surface area contributed by atoms with Gasteiger partial charge in [0.15, 0.2) is 12.2 Å². The van der Waals surface area contributed by atoms with Gasteiger partial charge < -0.3 is 33.8 Å². The molecule has 0 saturated carbocycles. The van der Waals surface area contributed by atoms with Crippen LogP contribution in [0.5, 0.6) is 0 Å². The molecule has 17 nitrogen and oxygen atoms in total. The van der Waals surface area contributed by atoms with Crippen molar-refractivity contribution in [2.24, 2.45) is 17.8 Å². The van der Waals surface area contributed by atoms with Gasteiger partial charge in [-0.25, -0.2) is 9.13 Å². The van der Waals surface area contributed by atoms with E-state index in [0.29, 0.717) is 31.6 Å². The normalized spacial score (nSPS) is 14.3. The van der Waals surface area contributed by atoms with E-state index in [1.165, 1.54) is 199 Å². The summed E-state index contributed by atoms with van der Waals surface area (Å²) in [5.74, 6) is 0.200. The minimum absolute atomic E-state index is 0.106. The second kappa shape index (κ2) is 67.5. The fourth-order valence-electron chi connectivity index (χ4n) is 11.7. The van der Waals surface area contributed by atoms with Gasteiger partial charge in [-0.15, -0.1) is 0 Å². The summed E-state index contributed by atoms with van der Waals surface area (Å²) in [5, 5.41) is 10.6. The average molecular weight is 1410 g/mol. The van der Waals surface area contributed by atoms with Crippen LogP contribution >= 0.6 is 15.6 Å². The van der Waals surface area contributed by atoms with E-state index in [2.05, 4.69) is 48.5 Å². The van der Waals surface area contributed by atoms with Crippen LogP contribution in [-0.4, -0.2) is 96.7 Å². The van der Waals surface area contributed by atoms with Crippen molar-refractivity contribution in [1.29, 1.82) is 0 Å². The van der Waals surface area contributed by atoms with Gasteiger partial charge >= 0.3 is 39.5 Å². The lowest BCUT2D eigenvalue weighted by atomic mass is 9.99. The molecule has 6 atom stereocenters. The maximum atomic E-state index is 13.1. The zero-order valence-corrected chi connectivity index (χ0v) is 64.6. The fraction of sp³-hybridized carbons (Fsp3) is 0.948. The number of aliphatic hydroxyl groups is 1. The standard InChI is InChI=1S/C77H150O17P2/c1-8-10-11-12-13-14-15-19-27-32-37-46-53-60-77(82)94-73(65-88-75(80)59-52-45-40-39-42-49-56-69(5)6)67-92-96(85,86)90-63-71(78)62-89-95(83,84)91-66-72(64-87-74(79)58-51-44-36-31-26-23-18-20-24-29-34-41-48-55-68(3)4)93-76(81)61-54-47-38-33-28-22-17-16-21-25-30-35-43-50-57-70(7)9-2/h68-73,78H,8-67H2,1-7H3,(H,83,84)(H,85,86)/t70?,71-,72-,73-/m1/s1. The minimum atomic E-state index is -4.96. The van der Waals surface area contributed by atoms with E-state index in [9.17, 15) is 43.2 Å². The predicted molar refractivity (Wildman–Crippen MR) is 391 cm³/mol. The molecule has 3 N–H and O–H groups in total. The molecule has 0 aliphatic heterocycles. The van der Waals surface area contributed by atoms with Crippen LogP contribution in [0.3, 0.4) is 0 Å². The summed E-state index contributed by atoms with van der Waals surface area (Å²) in [7, 11) is -9.91. The zero-order valence-electron chi connectivity index (χ0n) is 62.8. The summed E-state index contributed by atoms with van der Waals surface area (Å²) >= 11 is 0. The third kappa shape index (κ3) is 69.2. The first-order chi connectivity index (χ1) is 46.3. The van der Waals surface area contributed by atoms with E-state index in [4.69, 9.17) is 37.0 Å². The Morgan fingerprint density at radius 3 is 0.792 bits per heavy atom. The SMILES string of the molecule is CCCCCCCCCCCCCCCC(=O)O[C@H](COC(=O)CCCCCCCCC(C)C)COP(=O)(O)OC[C@H](O)COP(=O)(O)OC[C@@H](COC(=O)CCCCCCCCCCCCCCCC(C)C)OC(=O)CCCCCCCCCCCCCCCCC(C)CC. The number of hydrogen-bond donors (Lipinski definition) is 3. The van der Waals surface area contributed by atoms with Crippen LogP contribution in [0.15, 0.2) is 0 Å². The summed E-state index contributed by atoms with van der Waals surface area (Å²) in [6.45, 7) is 11.9. The molecule has 0 heterocycles. The number of phosphoric acid groups is 2. The maximum absolute atomic E-state index is 13.1. The molecule has 0 aliphatic rings. The smallest absolute Gasteiger partial charge is 0.462 e. The fourth-order valence-corrected chi connectivity index (χ4v) is 13.3. The second-order valence-corrected chi connectivity index (χ2v) is 31.8. The molecule has 0 aromatic heterocycles. The summed E-state index contributed by atoms with van der Waals surface area (Å²) in [6, 6.07) is 0. The van der Waals surface area contributed by atoms with Crippen LogP contribution in [0, 0.1) is 17.8 Å². The third-order valence-corrected chi connectivity index (χ3v) is 20.1. The Morgan fingerprint density at radius 2 is 0.531 bits per heavy atom. The van der Waals surface area contributed by atoms with Gasteiger partial charge in [0.05, 0.1) is 26.4 Å². The van der Waals surface area contributed by atoms with Crippen LogP contribution in [0.4, 0.5) is 0 Å². The van der Waals surface area contributed by atoms with Crippen molar-refractivity contribution in [2.45, 2.75) is 414 Å². The van der Waals surface area contributed by atoms with Gasteiger partial charge in [0, 0.05) is 25.7 Å². The van der Waals surface area contributed by atoms with Crippen molar-refractivity contribution < 1.29 is 80.2 Å². The number of carbonyl (C=O) groups is 4. The molecule has 0 bridgehead atoms. The number of carbonyl (C=O) groups excluding carboxylic acids is 4. The van der Waals surface area contributed by atoms with Gasteiger partial charge in [-0.2, -0.15) is 0 Å². The summed E-state index contributed by atoms with van der Waals surface area (Å²) in [6.07, 6.45) is 54.1. The first-order valence-corrected chi connectivity index (χ1v) is 42.9. The molecule has 0 fully saturated rings. The molecule has 0 radical (unpaired) electrons.